The lowest BCUT2D eigenvalue weighted by Gasteiger charge is -2.32. The van der Waals surface area contributed by atoms with Crippen LogP contribution in [0.4, 0.5) is 5.69 Å². The Morgan fingerprint density at radius 2 is 1.80 bits per heavy atom. The van der Waals surface area contributed by atoms with E-state index in [1.807, 2.05) is 39.8 Å². The van der Waals surface area contributed by atoms with Crippen molar-refractivity contribution in [3.63, 3.8) is 0 Å². The van der Waals surface area contributed by atoms with Crippen LogP contribution in [0.5, 0.6) is 0 Å². The van der Waals surface area contributed by atoms with E-state index < -0.39 is 18.3 Å². The lowest BCUT2D eigenvalue weighted by Crippen LogP contribution is -2.41. The van der Waals surface area contributed by atoms with Crippen LogP contribution < -0.4 is 11.2 Å². The van der Waals surface area contributed by atoms with Gasteiger partial charge in [-0.1, -0.05) is 11.2 Å². The Bertz CT molecular complexity index is 551. The molecule has 20 heavy (non-hydrogen) atoms. The number of anilines is 1. The molecule has 1 aromatic rings. The van der Waals surface area contributed by atoms with Gasteiger partial charge in [0.05, 0.1) is 17.7 Å². The van der Waals surface area contributed by atoms with Gasteiger partial charge in [-0.15, -0.1) is 0 Å². The van der Waals surface area contributed by atoms with Gasteiger partial charge in [0.15, 0.2) is 0 Å². The molecule has 1 saturated heterocycles. The zero-order chi connectivity index (χ0) is 15.0. The summed E-state index contributed by atoms with van der Waals surface area (Å²) < 4.78 is 12.0. The summed E-state index contributed by atoms with van der Waals surface area (Å²) in [4.78, 5) is 2.76. The second kappa shape index (κ2) is 5.02. The molecule has 0 atom stereocenters. The van der Waals surface area contributed by atoms with E-state index in [9.17, 15) is 0 Å². The maximum absolute atomic E-state index is 8.39. The van der Waals surface area contributed by atoms with Gasteiger partial charge in [0, 0.05) is 10.6 Å². The summed E-state index contributed by atoms with van der Waals surface area (Å²) in [6.45, 7) is 8.26. The highest BCUT2D eigenvalue weighted by molar-refractivity contribution is 6.62. The summed E-state index contributed by atoms with van der Waals surface area (Å²) in [6.07, 6.45) is 0. The molecular weight excluding hydrogens is 255 g/mol. The minimum atomic E-state index is -0.465. The van der Waals surface area contributed by atoms with Crippen molar-refractivity contribution in [1.82, 2.24) is 0 Å². The fraction of sp³-hybridized carbons (Fsp3) is 0.538. The molecule has 7 heteroatoms. The number of hydrogen-bond donors (Lipinski definition) is 1. The Hall–Kier alpha value is -1.69. The van der Waals surface area contributed by atoms with E-state index in [2.05, 4.69) is 10.0 Å². The van der Waals surface area contributed by atoms with E-state index in [0.717, 1.165) is 11.0 Å². The highest BCUT2D eigenvalue weighted by Gasteiger charge is 2.51. The molecule has 0 unspecified atom stereocenters. The van der Waals surface area contributed by atoms with Crippen molar-refractivity contribution in [2.75, 3.05) is 5.73 Å². The molecule has 1 fully saturated rings. The molecule has 106 valence electrons. The van der Waals surface area contributed by atoms with E-state index in [1.165, 1.54) is 0 Å². The number of azide groups is 1. The first-order valence-corrected chi connectivity index (χ1v) is 6.51. The van der Waals surface area contributed by atoms with Crippen molar-refractivity contribution >= 4 is 18.3 Å². The van der Waals surface area contributed by atoms with Gasteiger partial charge < -0.3 is 15.0 Å². The van der Waals surface area contributed by atoms with Gasteiger partial charge >= 0.3 is 7.12 Å². The minimum absolute atomic E-state index is 0.258. The number of rotatable bonds is 3. The first-order valence-electron chi connectivity index (χ1n) is 6.51. The predicted octanol–water partition coefficient (Wildman–Crippen LogP) is 2.38. The van der Waals surface area contributed by atoms with Gasteiger partial charge in [-0.05, 0) is 56.4 Å². The third-order valence-corrected chi connectivity index (χ3v) is 3.88. The van der Waals surface area contributed by atoms with Crippen molar-refractivity contribution in [3.8, 4) is 0 Å². The molecule has 1 aromatic carbocycles. The van der Waals surface area contributed by atoms with E-state index in [4.69, 9.17) is 20.6 Å². The van der Waals surface area contributed by atoms with Crippen LogP contribution in [0.15, 0.2) is 23.3 Å². The smallest absolute Gasteiger partial charge is 0.399 e. The molecule has 0 spiro atoms. The Balaban J connectivity index is 2.30. The van der Waals surface area contributed by atoms with Crippen LogP contribution in [0.25, 0.3) is 10.4 Å². The quantitative estimate of drug-likeness (QED) is 0.301. The van der Waals surface area contributed by atoms with Crippen molar-refractivity contribution < 1.29 is 9.31 Å². The topological polar surface area (TPSA) is 93.2 Å². The Labute approximate surface area is 119 Å². The summed E-state index contributed by atoms with van der Waals surface area (Å²) in [7, 11) is -0.465. The second-order valence-corrected chi connectivity index (χ2v) is 5.99. The van der Waals surface area contributed by atoms with Crippen molar-refractivity contribution in [2.45, 2.75) is 45.4 Å². The van der Waals surface area contributed by atoms with Crippen LogP contribution in [-0.4, -0.2) is 18.3 Å². The fourth-order valence-corrected chi connectivity index (χ4v) is 2.07. The molecule has 0 saturated carbocycles. The van der Waals surface area contributed by atoms with Crippen LogP contribution >= 0.6 is 0 Å². The van der Waals surface area contributed by atoms with E-state index in [0.29, 0.717) is 5.69 Å². The second-order valence-electron chi connectivity index (χ2n) is 5.99. The lowest BCUT2D eigenvalue weighted by molar-refractivity contribution is 0.00578. The molecule has 1 heterocycles. The monoisotopic (exact) mass is 274 g/mol. The highest BCUT2D eigenvalue weighted by atomic mass is 16.7. The molecule has 6 nitrogen and oxygen atoms in total. The standard InChI is InChI=1S/C13H19BN4O2/c1-12(2)13(3,4)20-14(19-12)10-5-9(8-17-18-16)6-11(15)7-10/h5-7H,8,15H2,1-4H3. The van der Waals surface area contributed by atoms with Crippen molar-refractivity contribution in [3.05, 3.63) is 34.2 Å². The average Bonchev–Trinajstić information content (AvgIpc) is 2.55. The lowest BCUT2D eigenvalue weighted by atomic mass is 9.78. The van der Waals surface area contributed by atoms with Gasteiger partial charge in [0.1, 0.15) is 0 Å². The largest absolute Gasteiger partial charge is 0.494 e. The SMILES string of the molecule is CC1(C)OB(c2cc(N)cc(CN=[N+]=[N-])c2)OC1(C)C. The number of hydrogen-bond acceptors (Lipinski definition) is 4. The van der Waals surface area contributed by atoms with Crippen LogP contribution in [-0.2, 0) is 15.9 Å². The van der Waals surface area contributed by atoms with Gasteiger partial charge in [0.2, 0.25) is 0 Å². The van der Waals surface area contributed by atoms with Crippen molar-refractivity contribution in [1.29, 1.82) is 0 Å². The van der Waals surface area contributed by atoms with Gasteiger partial charge in [0.25, 0.3) is 0 Å². The number of benzene rings is 1. The molecular formula is C13H19BN4O2. The van der Waals surface area contributed by atoms with Crippen molar-refractivity contribution in [2.24, 2.45) is 5.11 Å². The zero-order valence-corrected chi connectivity index (χ0v) is 12.3. The highest BCUT2D eigenvalue weighted by Crippen LogP contribution is 2.36. The fourth-order valence-electron chi connectivity index (χ4n) is 2.07. The number of nitrogens with zero attached hydrogens (tertiary/aromatic N) is 3. The Morgan fingerprint density at radius 3 is 2.35 bits per heavy atom. The number of nitrogens with two attached hydrogens (primary N) is 1. The van der Waals surface area contributed by atoms with Crippen LogP contribution in [0.3, 0.4) is 0 Å². The van der Waals surface area contributed by atoms with Gasteiger partial charge in [-0.3, -0.25) is 0 Å². The minimum Gasteiger partial charge on any atom is -0.399 e. The third kappa shape index (κ3) is 2.75. The maximum atomic E-state index is 8.39. The molecule has 0 radical (unpaired) electrons. The molecule has 1 aliphatic rings. The summed E-state index contributed by atoms with van der Waals surface area (Å²) in [5, 5.41) is 3.55. The van der Waals surface area contributed by atoms with E-state index >= 15 is 0 Å². The maximum Gasteiger partial charge on any atom is 0.494 e. The van der Waals surface area contributed by atoms with Crippen LogP contribution in [0.2, 0.25) is 0 Å². The summed E-state index contributed by atoms with van der Waals surface area (Å²) in [5.41, 5.74) is 15.8. The van der Waals surface area contributed by atoms with E-state index in [-0.39, 0.29) is 6.54 Å². The van der Waals surface area contributed by atoms with Gasteiger partial charge in [-0.25, -0.2) is 0 Å². The molecule has 0 amide bonds. The number of nitrogen functional groups attached to an aromatic ring is 1. The van der Waals surface area contributed by atoms with Crippen LogP contribution in [0.1, 0.15) is 33.3 Å². The summed E-state index contributed by atoms with van der Waals surface area (Å²) in [6, 6.07) is 5.50. The predicted molar refractivity (Wildman–Crippen MR) is 79.4 cm³/mol. The Kier molecular flexibility index (Phi) is 3.69. The zero-order valence-electron chi connectivity index (χ0n) is 12.3. The molecule has 0 bridgehead atoms. The summed E-state index contributed by atoms with van der Waals surface area (Å²) in [5.74, 6) is 0. The molecule has 2 rings (SSSR count). The first kappa shape index (κ1) is 14.7. The van der Waals surface area contributed by atoms with E-state index in [1.54, 1.807) is 6.07 Å². The normalized spacial score (nSPS) is 19.7. The van der Waals surface area contributed by atoms with Gasteiger partial charge in [-0.2, -0.15) is 0 Å². The first-order chi connectivity index (χ1) is 9.25. The molecule has 2 N–H and O–H groups in total. The van der Waals surface area contributed by atoms with Crippen LogP contribution in [0, 0.1) is 0 Å². The third-order valence-electron chi connectivity index (χ3n) is 3.88. The molecule has 0 aliphatic carbocycles. The molecule has 1 aliphatic heterocycles. The molecule has 0 aromatic heterocycles. The Morgan fingerprint density at radius 1 is 1.20 bits per heavy atom. The summed E-state index contributed by atoms with van der Waals surface area (Å²) >= 11 is 0. The average molecular weight is 274 g/mol.